The summed E-state index contributed by atoms with van der Waals surface area (Å²) >= 11 is 0. The predicted octanol–water partition coefficient (Wildman–Crippen LogP) is 0.736. The first kappa shape index (κ1) is 17.5. The van der Waals surface area contributed by atoms with Gasteiger partial charge in [-0.2, -0.15) is 0 Å². The first-order valence-electron chi connectivity index (χ1n) is 6.68. The summed E-state index contributed by atoms with van der Waals surface area (Å²) in [5, 5.41) is 2.54. The number of sulfonamides is 1. The molecule has 0 bridgehead atoms. The van der Waals surface area contributed by atoms with Crippen LogP contribution in [0, 0.1) is 13.8 Å². The molecule has 1 unspecified atom stereocenters. The number of rotatable bonds is 7. The van der Waals surface area contributed by atoms with E-state index in [1.807, 2.05) is 32.0 Å². The van der Waals surface area contributed by atoms with Crippen molar-refractivity contribution in [3.8, 4) is 5.75 Å². The van der Waals surface area contributed by atoms with Crippen LogP contribution in [0.3, 0.4) is 0 Å². The SMILES string of the molecule is CNS(=O)(=O)CCNC(=O)C(C)Oc1cc(C)ccc1C. The zero-order valence-corrected chi connectivity index (χ0v) is 13.6. The molecule has 0 aliphatic rings. The number of ether oxygens (including phenoxy) is 1. The third-order valence-corrected chi connectivity index (χ3v) is 4.36. The van der Waals surface area contributed by atoms with Gasteiger partial charge in [0.15, 0.2) is 6.10 Å². The third-order valence-electron chi connectivity index (χ3n) is 3.00. The number of aryl methyl sites for hydroxylation is 2. The van der Waals surface area contributed by atoms with Crippen molar-refractivity contribution < 1.29 is 17.9 Å². The Morgan fingerprint density at radius 3 is 2.62 bits per heavy atom. The van der Waals surface area contributed by atoms with Gasteiger partial charge in [-0.25, -0.2) is 13.1 Å². The Morgan fingerprint density at radius 2 is 2.00 bits per heavy atom. The summed E-state index contributed by atoms with van der Waals surface area (Å²) in [5.41, 5.74) is 1.99. The highest BCUT2D eigenvalue weighted by Crippen LogP contribution is 2.20. The summed E-state index contributed by atoms with van der Waals surface area (Å²) in [6.45, 7) is 5.52. The quantitative estimate of drug-likeness (QED) is 0.777. The Morgan fingerprint density at radius 1 is 1.33 bits per heavy atom. The number of carbonyl (C=O) groups excluding carboxylic acids is 1. The normalized spacial score (nSPS) is 12.8. The van der Waals surface area contributed by atoms with Crippen LogP contribution in [0.2, 0.25) is 0 Å². The average Bonchev–Trinajstić information content (AvgIpc) is 2.42. The fourth-order valence-electron chi connectivity index (χ4n) is 1.63. The molecule has 21 heavy (non-hydrogen) atoms. The predicted molar refractivity (Wildman–Crippen MR) is 81.9 cm³/mol. The molecule has 7 heteroatoms. The van der Waals surface area contributed by atoms with E-state index in [4.69, 9.17) is 4.74 Å². The number of amides is 1. The molecule has 1 amide bonds. The van der Waals surface area contributed by atoms with Crippen LogP contribution in [-0.2, 0) is 14.8 Å². The van der Waals surface area contributed by atoms with Crippen molar-refractivity contribution in [2.45, 2.75) is 26.9 Å². The second-order valence-corrected chi connectivity index (χ2v) is 6.89. The third kappa shape index (κ3) is 5.73. The Bertz CT molecular complexity index is 599. The van der Waals surface area contributed by atoms with E-state index in [2.05, 4.69) is 10.0 Å². The number of nitrogens with one attached hydrogen (secondary N) is 2. The minimum absolute atomic E-state index is 0.0442. The number of benzene rings is 1. The van der Waals surface area contributed by atoms with E-state index in [-0.39, 0.29) is 18.2 Å². The fraction of sp³-hybridized carbons (Fsp3) is 0.500. The van der Waals surface area contributed by atoms with Gasteiger partial charge in [-0.15, -0.1) is 0 Å². The maximum absolute atomic E-state index is 11.9. The number of carbonyl (C=O) groups is 1. The van der Waals surface area contributed by atoms with Gasteiger partial charge in [0, 0.05) is 6.54 Å². The molecule has 1 aromatic carbocycles. The Hall–Kier alpha value is -1.60. The molecule has 0 aromatic heterocycles. The van der Waals surface area contributed by atoms with Crippen molar-refractivity contribution in [1.29, 1.82) is 0 Å². The topological polar surface area (TPSA) is 84.5 Å². The van der Waals surface area contributed by atoms with Crippen LogP contribution in [0.1, 0.15) is 18.1 Å². The van der Waals surface area contributed by atoms with Crippen molar-refractivity contribution >= 4 is 15.9 Å². The van der Waals surface area contributed by atoms with Crippen molar-refractivity contribution in [3.05, 3.63) is 29.3 Å². The van der Waals surface area contributed by atoms with Gasteiger partial charge in [0.1, 0.15) is 5.75 Å². The first-order chi connectivity index (χ1) is 9.75. The van der Waals surface area contributed by atoms with Gasteiger partial charge in [-0.3, -0.25) is 4.79 Å². The molecular formula is C14H22N2O4S. The summed E-state index contributed by atoms with van der Waals surface area (Å²) < 4.78 is 30.3. The highest BCUT2D eigenvalue weighted by Gasteiger charge is 2.16. The molecule has 2 N–H and O–H groups in total. The second kappa shape index (κ2) is 7.42. The van der Waals surface area contributed by atoms with Crippen LogP contribution < -0.4 is 14.8 Å². The van der Waals surface area contributed by atoms with E-state index >= 15 is 0 Å². The molecule has 6 nitrogen and oxygen atoms in total. The largest absolute Gasteiger partial charge is 0.481 e. The second-order valence-electron chi connectivity index (χ2n) is 4.84. The van der Waals surface area contributed by atoms with Crippen molar-refractivity contribution in [2.24, 2.45) is 0 Å². The van der Waals surface area contributed by atoms with Crippen LogP contribution in [0.5, 0.6) is 5.75 Å². The monoisotopic (exact) mass is 314 g/mol. The lowest BCUT2D eigenvalue weighted by Gasteiger charge is -2.16. The fourth-order valence-corrected chi connectivity index (χ4v) is 2.21. The molecule has 1 aromatic rings. The van der Waals surface area contributed by atoms with Gasteiger partial charge in [0.25, 0.3) is 5.91 Å². The van der Waals surface area contributed by atoms with Crippen LogP contribution >= 0.6 is 0 Å². The Kier molecular flexibility index (Phi) is 6.17. The van der Waals surface area contributed by atoms with Crippen molar-refractivity contribution in [1.82, 2.24) is 10.0 Å². The smallest absolute Gasteiger partial charge is 0.260 e. The minimum atomic E-state index is -3.32. The van der Waals surface area contributed by atoms with Crippen LogP contribution in [0.15, 0.2) is 18.2 Å². The highest BCUT2D eigenvalue weighted by atomic mass is 32.2. The summed E-state index contributed by atoms with van der Waals surface area (Å²) in [7, 11) is -1.98. The Labute approximate surface area is 125 Å². The molecule has 1 atom stereocenters. The first-order valence-corrected chi connectivity index (χ1v) is 8.33. The van der Waals surface area contributed by atoms with E-state index in [9.17, 15) is 13.2 Å². The van der Waals surface area contributed by atoms with E-state index in [1.54, 1.807) is 6.92 Å². The van der Waals surface area contributed by atoms with Crippen molar-refractivity contribution in [3.63, 3.8) is 0 Å². The van der Waals surface area contributed by atoms with Crippen LogP contribution in [0.25, 0.3) is 0 Å². The van der Waals surface area contributed by atoms with Gasteiger partial charge in [0.05, 0.1) is 5.75 Å². The number of hydrogen-bond donors (Lipinski definition) is 2. The molecule has 0 saturated heterocycles. The Balaban J connectivity index is 2.53. The summed E-state index contributed by atoms with van der Waals surface area (Å²) in [5.74, 6) is 0.147. The molecule has 0 radical (unpaired) electrons. The van der Waals surface area contributed by atoms with Crippen LogP contribution in [0.4, 0.5) is 0 Å². The molecule has 0 aliphatic heterocycles. The molecule has 0 fully saturated rings. The van der Waals surface area contributed by atoms with E-state index in [0.29, 0.717) is 5.75 Å². The summed E-state index contributed by atoms with van der Waals surface area (Å²) in [6.07, 6.45) is -0.692. The molecule has 1 rings (SSSR count). The van der Waals surface area contributed by atoms with Crippen molar-refractivity contribution in [2.75, 3.05) is 19.3 Å². The maximum Gasteiger partial charge on any atom is 0.260 e. The van der Waals surface area contributed by atoms with E-state index < -0.39 is 16.1 Å². The van der Waals surface area contributed by atoms with E-state index in [0.717, 1.165) is 11.1 Å². The number of hydrogen-bond acceptors (Lipinski definition) is 4. The zero-order valence-electron chi connectivity index (χ0n) is 12.8. The molecule has 0 aliphatic carbocycles. The van der Waals surface area contributed by atoms with Gasteiger partial charge in [0.2, 0.25) is 10.0 Å². The molecule has 0 saturated carbocycles. The molecule has 0 spiro atoms. The van der Waals surface area contributed by atoms with Gasteiger partial charge in [-0.1, -0.05) is 12.1 Å². The minimum Gasteiger partial charge on any atom is -0.481 e. The average molecular weight is 314 g/mol. The standard InChI is InChI=1S/C14H22N2O4S/c1-10-5-6-11(2)13(9-10)20-12(3)14(17)16-7-8-21(18,19)15-4/h5-6,9,12,15H,7-8H2,1-4H3,(H,16,17). The molecular weight excluding hydrogens is 292 g/mol. The molecule has 118 valence electrons. The van der Waals surface area contributed by atoms with Gasteiger partial charge < -0.3 is 10.1 Å². The zero-order chi connectivity index (χ0) is 16.0. The van der Waals surface area contributed by atoms with Crippen LogP contribution in [-0.4, -0.2) is 39.8 Å². The maximum atomic E-state index is 11.9. The lowest BCUT2D eigenvalue weighted by Crippen LogP contribution is -2.40. The summed E-state index contributed by atoms with van der Waals surface area (Å²) in [6, 6.07) is 5.76. The van der Waals surface area contributed by atoms with Gasteiger partial charge >= 0.3 is 0 Å². The lowest BCUT2D eigenvalue weighted by atomic mass is 10.1. The highest BCUT2D eigenvalue weighted by molar-refractivity contribution is 7.89. The molecule has 0 heterocycles. The lowest BCUT2D eigenvalue weighted by molar-refractivity contribution is -0.127. The van der Waals surface area contributed by atoms with E-state index in [1.165, 1.54) is 7.05 Å². The summed E-state index contributed by atoms with van der Waals surface area (Å²) in [4.78, 5) is 11.9. The van der Waals surface area contributed by atoms with Gasteiger partial charge in [-0.05, 0) is 45.0 Å².